The van der Waals surface area contributed by atoms with Crippen molar-refractivity contribution in [1.29, 1.82) is 0 Å². The smallest absolute Gasteiger partial charge is 0.261 e. The number of benzene rings is 1. The van der Waals surface area contributed by atoms with E-state index in [2.05, 4.69) is 29.0 Å². The van der Waals surface area contributed by atoms with Gasteiger partial charge in [-0.2, -0.15) is 0 Å². The van der Waals surface area contributed by atoms with Gasteiger partial charge < -0.3 is 19.7 Å². The van der Waals surface area contributed by atoms with E-state index in [1.807, 2.05) is 24.4 Å². The van der Waals surface area contributed by atoms with Crippen LogP contribution in [-0.2, 0) is 11.2 Å². The quantitative estimate of drug-likeness (QED) is 0.762. The molecule has 31 heavy (non-hydrogen) atoms. The average molecular weight is 425 g/mol. The fraction of sp³-hybridized carbons (Fsp3) is 0.542. The highest BCUT2D eigenvalue weighted by Crippen LogP contribution is 2.40. The van der Waals surface area contributed by atoms with Crippen molar-refractivity contribution in [2.24, 2.45) is 5.41 Å². The molecule has 1 saturated heterocycles. The maximum Gasteiger partial charge on any atom is 0.261 e. The highest BCUT2D eigenvalue weighted by atomic mass is 16.5. The van der Waals surface area contributed by atoms with E-state index in [-0.39, 0.29) is 17.4 Å². The molecule has 7 heteroatoms. The molecule has 2 unspecified atom stereocenters. The lowest BCUT2D eigenvalue weighted by Crippen LogP contribution is -2.42. The molecule has 0 saturated carbocycles. The van der Waals surface area contributed by atoms with Gasteiger partial charge in [-0.1, -0.05) is 26.0 Å². The second kappa shape index (κ2) is 8.73. The predicted molar refractivity (Wildman–Crippen MR) is 120 cm³/mol. The summed E-state index contributed by atoms with van der Waals surface area (Å²) < 4.78 is 11.2. The minimum atomic E-state index is -0.658. The number of nitrogens with zero attached hydrogens (tertiary/aromatic N) is 3. The van der Waals surface area contributed by atoms with Crippen LogP contribution in [0.15, 0.2) is 30.5 Å². The SMILES string of the molecule is COc1ccccc1OC(C)C(=O)NC1CC(C)(C)Cc2nc(N3CCCC3)ncc21. The van der Waals surface area contributed by atoms with Gasteiger partial charge in [0.2, 0.25) is 5.95 Å². The standard InChI is InChI=1S/C24H32N4O3/c1-16(31-21-10-6-5-9-20(21)30-4)22(29)26-18-13-24(2,3)14-19-17(18)15-25-23(27-19)28-11-7-8-12-28/h5-6,9-10,15-16,18H,7-8,11-14H2,1-4H3,(H,26,29). The normalized spacial score (nSPS) is 20.6. The Morgan fingerprint density at radius 1 is 1.23 bits per heavy atom. The molecule has 2 atom stereocenters. The van der Waals surface area contributed by atoms with Gasteiger partial charge in [0.1, 0.15) is 0 Å². The van der Waals surface area contributed by atoms with E-state index in [9.17, 15) is 4.79 Å². The lowest BCUT2D eigenvalue weighted by atomic mass is 9.74. The van der Waals surface area contributed by atoms with Crippen molar-refractivity contribution in [3.63, 3.8) is 0 Å². The number of aromatic nitrogens is 2. The Labute approximate surface area is 184 Å². The van der Waals surface area contributed by atoms with E-state index in [1.165, 1.54) is 12.8 Å². The summed E-state index contributed by atoms with van der Waals surface area (Å²) in [7, 11) is 1.59. The third-order valence-electron chi connectivity index (χ3n) is 6.11. The highest BCUT2D eigenvalue weighted by Gasteiger charge is 2.35. The molecule has 1 aromatic heterocycles. The summed E-state index contributed by atoms with van der Waals surface area (Å²) in [4.78, 5) is 24.8. The number of nitrogens with one attached hydrogen (secondary N) is 1. The number of fused-ring (bicyclic) bond motifs is 1. The molecule has 4 rings (SSSR count). The number of anilines is 1. The molecule has 1 aromatic carbocycles. The number of amides is 1. The van der Waals surface area contributed by atoms with Gasteiger partial charge in [-0.3, -0.25) is 4.79 Å². The molecule has 0 spiro atoms. The van der Waals surface area contributed by atoms with Crippen molar-refractivity contribution in [3.8, 4) is 11.5 Å². The summed E-state index contributed by atoms with van der Waals surface area (Å²) >= 11 is 0. The predicted octanol–water partition coefficient (Wildman–Crippen LogP) is 3.68. The van der Waals surface area contributed by atoms with Gasteiger partial charge >= 0.3 is 0 Å². The summed E-state index contributed by atoms with van der Waals surface area (Å²) in [5.41, 5.74) is 2.09. The van der Waals surface area contributed by atoms with Crippen LogP contribution in [0.5, 0.6) is 11.5 Å². The zero-order valence-corrected chi connectivity index (χ0v) is 18.9. The summed E-state index contributed by atoms with van der Waals surface area (Å²) in [6.07, 6.45) is 5.34. The van der Waals surface area contributed by atoms with Gasteiger partial charge in [0.15, 0.2) is 17.6 Å². The first-order chi connectivity index (χ1) is 14.9. The molecule has 1 fully saturated rings. The number of rotatable bonds is 6. The van der Waals surface area contributed by atoms with Crippen molar-refractivity contribution < 1.29 is 14.3 Å². The van der Waals surface area contributed by atoms with Crippen LogP contribution < -0.4 is 19.7 Å². The van der Waals surface area contributed by atoms with Crippen LogP contribution in [0.25, 0.3) is 0 Å². The third-order valence-corrected chi connectivity index (χ3v) is 6.11. The Morgan fingerprint density at radius 2 is 1.94 bits per heavy atom. The summed E-state index contributed by atoms with van der Waals surface area (Å²) in [6.45, 7) is 8.23. The van der Waals surface area contributed by atoms with Crippen molar-refractivity contribution in [2.75, 3.05) is 25.1 Å². The maximum atomic E-state index is 13.0. The Balaban J connectivity index is 1.50. The van der Waals surface area contributed by atoms with Crippen molar-refractivity contribution >= 4 is 11.9 Å². The molecule has 1 aliphatic carbocycles. The molecule has 1 amide bonds. The Kier molecular flexibility index (Phi) is 6.03. The molecule has 1 N–H and O–H groups in total. The van der Waals surface area contributed by atoms with Crippen LogP contribution in [0, 0.1) is 5.41 Å². The number of para-hydroxylation sites is 2. The Morgan fingerprint density at radius 3 is 2.65 bits per heavy atom. The van der Waals surface area contributed by atoms with E-state index in [0.717, 1.165) is 43.1 Å². The Hall–Kier alpha value is -2.83. The maximum absolute atomic E-state index is 13.0. The van der Waals surface area contributed by atoms with Gasteiger partial charge in [0.05, 0.1) is 18.8 Å². The van der Waals surface area contributed by atoms with Gasteiger partial charge in [-0.15, -0.1) is 0 Å². The van der Waals surface area contributed by atoms with Gasteiger partial charge in [0.25, 0.3) is 5.91 Å². The molecule has 0 bridgehead atoms. The topological polar surface area (TPSA) is 76.6 Å². The second-order valence-corrected chi connectivity index (χ2v) is 9.28. The first-order valence-corrected chi connectivity index (χ1v) is 11.1. The van der Waals surface area contributed by atoms with Crippen LogP contribution in [0.3, 0.4) is 0 Å². The third kappa shape index (κ3) is 4.75. The van der Waals surface area contributed by atoms with Crippen LogP contribution >= 0.6 is 0 Å². The van der Waals surface area contributed by atoms with E-state index in [4.69, 9.17) is 14.5 Å². The van der Waals surface area contributed by atoms with E-state index in [1.54, 1.807) is 20.1 Å². The molecule has 7 nitrogen and oxygen atoms in total. The zero-order chi connectivity index (χ0) is 22.0. The van der Waals surface area contributed by atoms with Crippen molar-refractivity contribution in [2.45, 2.75) is 58.6 Å². The van der Waals surface area contributed by atoms with Gasteiger partial charge in [-0.05, 0) is 50.2 Å². The summed E-state index contributed by atoms with van der Waals surface area (Å²) in [5, 5.41) is 3.18. The minimum absolute atomic E-state index is 0.0360. The van der Waals surface area contributed by atoms with Crippen LogP contribution in [0.4, 0.5) is 5.95 Å². The molecular weight excluding hydrogens is 392 g/mol. The largest absolute Gasteiger partial charge is 0.493 e. The lowest BCUT2D eigenvalue weighted by Gasteiger charge is -2.37. The number of ether oxygens (including phenoxy) is 2. The lowest BCUT2D eigenvalue weighted by molar-refractivity contribution is -0.128. The minimum Gasteiger partial charge on any atom is -0.493 e. The molecular formula is C24H32N4O3. The second-order valence-electron chi connectivity index (χ2n) is 9.28. The molecule has 166 valence electrons. The number of carbonyl (C=O) groups is 1. The van der Waals surface area contributed by atoms with Crippen LogP contribution in [0.2, 0.25) is 0 Å². The molecule has 2 aromatic rings. The average Bonchev–Trinajstić information content (AvgIpc) is 3.27. The highest BCUT2D eigenvalue weighted by molar-refractivity contribution is 5.81. The fourth-order valence-electron chi connectivity index (χ4n) is 4.48. The van der Waals surface area contributed by atoms with E-state index >= 15 is 0 Å². The van der Waals surface area contributed by atoms with Crippen molar-refractivity contribution in [3.05, 3.63) is 41.7 Å². The number of hydrogen-bond donors (Lipinski definition) is 1. The molecule has 1 aliphatic heterocycles. The van der Waals surface area contributed by atoms with Crippen LogP contribution in [-0.4, -0.2) is 42.2 Å². The Bertz CT molecular complexity index is 940. The first-order valence-electron chi connectivity index (χ1n) is 11.1. The fourth-order valence-corrected chi connectivity index (χ4v) is 4.48. The molecule has 2 heterocycles. The van der Waals surface area contributed by atoms with Crippen LogP contribution in [0.1, 0.15) is 57.3 Å². The molecule has 2 aliphatic rings. The number of hydrogen-bond acceptors (Lipinski definition) is 6. The zero-order valence-electron chi connectivity index (χ0n) is 18.9. The number of carbonyl (C=O) groups excluding carboxylic acids is 1. The van der Waals surface area contributed by atoms with Crippen molar-refractivity contribution in [1.82, 2.24) is 15.3 Å². The monoisotopic (exact) mass is 424 g/mol. The first kappa shape index (κ1) is 21.4. The van der Waals surface area contributed by atoms with Gasteiger partial charge in [0, 0.05) is 24.8 Å². The van der Waals surface area contributed by atoms with E-state index in [0.29, 0.717) is 11.5 Å². The van der Waals surface area contributed by atoms with E-state index < -0.39 is 6.10 Å². The van der Waals surface area contributed by atoms with Gasteiger partial charge in [-0.25, -0.2) is 9.97 Å². The number of methoxy groups -OCH3 is 1. The summed E-state index contributed by atoms with van der Waals surface area (Å²) in [5.74, 6) is 1.81. The summed E-state index contributed by atoms with van der Waals surface area (Å²) in [6, 6.07) is 7.21. The molecule has 0 radical (unpaired) electrons.